The molecule has 28 heavy (non-hydrogen) atoms. The number of rotatable bonds is 5. The van der Waals surface area contributed by atoms with Crippen molar-refractivity contribution in [1.29, 1.82) is 0 Å². The Hall–Kier alpha value is -2.15. The molecule has 0 spiro atoms. The molecule has 1 unspecified atom stereocenters. The molecule has 150 valence electrons. The zero-order chi connectivity index (χ0) is 20.3. The van der Waals surface area contributed by atoms with Crippen LogP contribution < -0.4 is 5.32 Å². The van der Waals surface area contributed by atoms with E-state index < -0.39 is 5.41 Å². The first kappa shape index (κ1) is 20.6. The first-order chi connectivity index (χ1) is 13.3. The Bertz CT molecular complexity index is 852. The molecule has 0 aliphatic carbocycles. The molecule has 2 aromatic rings. The van der Waals surface area contributed by atoms with Gasteiger partial charge in [-0.2, -0.15) is 0 Å². The topological polar surface area (TPSA) is 76.9 Å². The van der Waals surface area contributed by atoms with E-state index in [1.807, 2.05) is 27.7 Å². The number of benzene rings is 1. The molecule has 1 aromatic heterocycles. The van der Waals surface area contributed by atoms with Crippen molar-refractivity contribution in [1.82, 2.24) is 14.8 Å². The van der Waals surface area contributed by atoms with Crippen LogP contribution >= 0.6 is 11.8 Å². The normalized spacial score (nSPS) is 15.4. The Morgan fingerprint density at radius 2 is 1.82 bits per heavy atom. The molecule has 0 fully saturated rings. The summed E-state index contributed by atoms with van der Waals surface area (Å²) in [4.78, 5) is 24.9. The number of anilines is 1. The number of aromatic nitrogens is 3. The predicted octanol–water partition coefficient (Wildman–Crippen LogP) is 4.35. The lowest BCUT2D eigenvalue weighted by atomic mass is 9.95. The molecule has 0 saturated heterocycles. The summed E-state index contributed by atoms with van der Waals surface area (Å²) >= 11 is 1.47. The Balaban J connectivity index is 1.65. The summed E-state index contributed by atoms with van der Waals surface area (Å²) in [5.74, 6) is 1.02. The van der Waals surface area contributed by atoms with Crippen LogP contribution in [0.1, 0.15) is 63.1 Å². The van der Waals surface area contributed by atoms with E-state index in [-0.39, 0.29) is 16.9 Å². The van der Waals surface area contributed by atoms with Crippen molar-refractivity contribution < 1.29 is 9.59 Å². The second-order valence-electron chi connectivity index (χ2n) is 8.27. The number of aryl methyl sites for hydroxylation is 1. The van der Waals surface area contributed by atoms with Crippen LogP contribution in [0.5, 0.6) is 0 Å². The smallest absolute Gasteiger partial charge is 0.229 e. The quantitative estimate of drug-likeness (QED) is 0.596. The van der Waals surface area contributed by atoms with Crippen molar-refractivity contribution >= 4 is 29.1 Å². The maximum absolute atomic E-state index is 12.8. The van der Waals surface area contributed by atoms with Crippen molar-refractivity contribution in [3.8, 4) is 0 Å². The summed E-state index contributed by atoms with van der Waals surface area (Å²) in [7, 11) is 0. The molecule has 3 rings (SSSR count). The molecule has 1 aliphatic rings. The molecule has 0 radical (unpaired) electrons. The van der Waals surface area contributed by atoms with Gasteiger partial charge in [-0.25, -0.2) is 0 Å². The van der Waals surface area contributed by atoms with E-state index in [9.17, 15) is 9.59 Å². The highest BCUT2D eigenvalue weighted by atomic mass is 32.2. The van der Waals surface area contributed by atoms with Crippen molar-refractivity contribution in [2.75, 3.05) is 5.32 Å². The molecule has 1 amide bonds. The third kappa shape index (κ3) is 4.82. The number of carbonyl (C=O) groups is 2. The minimum Gasteiger partial charge on any atom is -0.326 e. The van der Waals surface area contributed by atoms with Crippen molar-refractivity contribution in [2.24, 2.45) is 5.41 Å². The Morgan fingerprint density at radius 3 is 2.50 bits per heavy atom. The van der Waals surface area contributed by atoms with Crippen molar-refractivity contribution in [3.05, 3.63) is 35.7 Å². The zero-order valence-corrected chi connectivity index (χ0v) is 17.8. The molecule has 2 heterocycles. The van der Waals surface area contributed by atoms with Crippen LogP contribution in [0, 0.1) is 5.41 Å². The van der Waals surface area contributed by atoms with Crippen molar-refractivity contribution in [2.45, 2.75) is 70.3 Å². The highest BCUT2D eigenvalue weighted by molar-refractivity contribution is 8.00. The second-order valence-corrected chi connectivity index (χ2v) is 9.57. The highest BCUT2D eigenvalue weighted by Crippen LogP contribution is 2.27. The number of carbonyl (C=O) groups excluding carboxylic acids is 2. The number of hydrogen-bond acceptors (Lipinski definition) is 5. The van der Waals surface area contributed by atoms with E-state index in [1.54, 1.807) is 24.3 Å². The van der Waals surface area contributed by atoms with Gasteiger partial charge in [-0.3, -0.25) is 9.59 Å². The minimum absolute atomic E-state index is 0.0460. The van der Waals surface area contributed by atoms with E-state index in [4.69, 9.17) is 0 Å². The number of nitrogens with one attached hydrogen (secondary N) is 1. The molecule has 6 nitrogen and oxygen atoms in total. The van der Waals surface area contributed by atoms with Crippen LogP contribution in [0.3, 0.4) is 0 Å². The number of ketones is 1. The number of Topliss-reactive ketones (excluding diaryl/α,β-unsaturated/α-hetero) is 1. The van der Waals surface area contributed by atoms with Crippen LogP contribution in [0.15, 0.2) is 29.4 Å². The van der Waals surface area contributed by atoms with Gasteiger partial charge in [0.25, 0.3) is 0 Å². The van der Waals surface area contributed by atoms with Gasteiger partial charge in [0.15, 0.2) is 10.9 Å². The van der Waals surface area contributed by atoms with E-state index in [0.29, 0.717) is 11.3 Å². The van der Waals surface area contributed by atoms with Crippen LogP contribution in [0.2, 0.25) is 0 Å². The number of fused-ring (bicyclic) bond motifs is 1. The van der Waals surface area contributed by atoms with E-state index in [2.05, 4.69) is 20.1 Å². The van der Waals surface area contributed by atoms with Gasteiger partial charge in [-0.15, -0.1) is 10.2 Å². The third-order valence-electron chi connectivity index (χ3n) is 4.84. The first-order valence-electron chi connectivity index (χ1n) is 9.80. The van der Waals surface area contributed by atoms with E-state index >= 15 is 0 Å². The van der Waals surface area contributed by atoms with Gasteiger partial charge >= 0.3 is 0 Å². The van der Waals surface area contributed by atoms with Crippen LogP contribution in [-0.4, -0.2) is 31.7 Å². The van der Waals surface area contributed by atoms with Gasteiger partial charge in [0.05, 0.1) is 5.25 Å². The fourth-order valence-corrected chi connectivity index (χ4v) is 4.00. The first-order valence-corrected chi connectivity index (χ1v) is 10.7. The van der Waals surface area contributed by atoms with Gasteiger partial charge in [-0.05, 0) is 44.0 Å². The lowest BCUT2D eigenvalue weighted by Gasteiger charge is -2.18. The summed E-state index contributed by atoms with van der Waals surface area (Å²) in [5, 5.41) is 12.0. The number of hydrogen-bond donors (Lipinski definition) is 1. The Labute approximate surface area is 170 Å². The summed E-state index contributed by atoms with van der Waals surface area (Å²) < 4.78 is 2.16. The number of amides is 1. The van der Waals surface area contributed by atoms with Gasteiger partial charge in [0, 0.05) is 29.6 Å². The zero-order valence-electron chi connectivity index (χ0n) is 17.0. The summed E-state index contributed by atoms with van der Waals surface area (Å²) in [6.45, 7) is 8.42. The van der Waals surface area contributed by atoms with Crippen LogP contribution in [0.4, 0.5) is 5.69 Å². The molecular weight excluding hydrogens is 372 g/mol. The van der Waals surface area contributed by atoms with Gasteiger partial charge in [0.2, 0.25) is 5.91 Å². The van der Waals surface area contributed by atoms with Crippen molar-refractivity contribution in [3.63, 3.8) is 0 Å². The fourth-order valence-electron chi connectivity index (χ4n) is 3.03. The van der Waals surface area contributed by atoms with Crippen LogP contribution in [0.25, 0.3) is 0 Å². The number of thioether (sulfide) groups is 1. The maximum Gasteiger partial charge on any atom is 0.229 e. The minimum atomic E-state index is -0.462. The average Bonchev–Trinajstić information content (AvgIpc) is 2.87. The van der Waals surface area contributed by atoms with Gasteiger partial charge in [-0.1, -0.05) is 39.0 Å². The standard InChI is InChI=1S/C21H28N4O2S/c1-14(28-20-24-23-17-8-6-5-7-13-25(17)20)18(26)15-9-11-16(12-10-15)22-19(27)21(2,3)4/h9-12,14H,5-8,13H2,1-4H3,(H,22,27). The highest BCUT2D eigenvalue weighted by Gasteiger charge is 2.23. The van der Waals surface area contributed by atoms with E-state index in [0.717, 1.165) is 36.8 Å². The SMILES string of the molecule is CC(Sc1nnc2n1CCCCC2)C(=O)c1ccc(NC(=O)C(C)(C)C)cc1. The molecule has 7 heteroatoms. The van der Waals surface area contributed by atoms with Gasteiger partial charge in [0.1, 0.15) is 5.82 Å². The van der Waals surface area contributed by atoms with Crippen LogP contribution in [-0.2, 0) is 17.8 Å². The lowest BCUT2D eigenvalue weighted by molar-refractivity contribution is -0.123. The predicted molar refractivity (Wildman–Crippen MR) is 112 cm³/mol. The molecular formula is C21H28N4O2S. The molecule has 1 aliphatic heterocycles. The van der Waals surface area contributed by atoms with Gasteiger partial charge < -0.3 is 9.88 Å². The molecule has 1 N–H and O–H groups in total. The molecule has 0 bridgehead atoms. The molecule has 1 aromatic carbocycles. The largest absolute Gasteiger partial charge is 0.326 e. The molecule has 0 saturated carbocycles. The molecule has 1 atom stereocenters. The number of nitrogens with zero attached hydrogens (tertiary/aromatic N) is 3. The third-order valence-corrected chi connectivity index (χ3v) is 5.92. The Morgan fingerprint density at radius 1 is 1.11 bits per heavy atom. The fraction of sp³-hybridized carbons (Fsp3) is 0.524. The summed E-state index contributed by atoms with van der Waals surface area (Å²) in [6, 6.07) is 7.08. The monoisotopic (exact) mass is 400 g/mol. The summed E-state index contributed by atoms with van der Waals surface area (Å²) in [6.07, 6.45) is 4.44. The summed E-state index contributed by atoms with van der Waals surface area (Å²) in [5.41, 5.74) is 0.861. The lowest BCUT2D eigenvalue weighted by Crippen LogP contribution is -2.27. The van der Waals surface area contributed by atoms with E-state index in [1.165, 1.54) is 18.2 Å². The maximum atomic E-state index is 12.8. The Kier molecular flexibility index (Phi) is 6.23. The second kappa shape index (κ2) is 8.47. The average molecular weight is 401 g/mol.